The molecule has 2 saturated heterocycles. The molecule has 0 amide bonds. The Bertz CT molecular complexity index is 655. The zero-order chi connectivity index (χ0) is 23.3. The second-order valence-corrected chi connectivity index (χ2v) is 8.81. The molecule has 6 nitrogen and oxygen atoms in total. The standard InChI is InChI=1S/C26H42O6/c1-6-8-10-12-14-16-18-28-20-22-23(29-19-17-15-13-11-9-7-2)24-26(27-5,31-22)21-30-25(3,4)32-24/h22-24H,6-13,18-21H2,1-5H3/t22-,23-,24+,26+/m1/s1. The highest BCUT2D eigenvalue weighted by Crippen LogP contribution is 2.42. The van der Waals surface area contributed by atoms with Crippen molar-refractivity contribution < 1.29 is 28.4 Å². The molecule has 0 spiro atoms. The van der Waals surface area contributed by atoms with Crippen LogP contribution < -0.4 is 0 Å². The van der Waals surface area contributed by atoms with Gasteiger partial charge in [-0.15, -0.1) is 11.8 Å². The van der Waals surface area contributed by atoms with Gasteiger partial charge < -0.3 is 28.4 Å². The van der Waals surface area contributed by atoms with Crippen LogP contribution >= 0.6 is 0 Å². The van der Waals surface area contributed by atoms with Gasteiger partial charge in [-0.2, -0.15) is 0 Å². The molecular weight excluding hydrogens is 408 g/mol. The molecule has 0 radical (unpaired) electrons. The van der Waals surface area contributed by atoms with Gasteiger partial charge in [0.25, 0.3) is 0 Å². The highest BCUT2D eigenvalue weighted by Gasteiger charge is 2.62. The van der Waals surface area contributed by atoms with Gasteiger partial charge in [-0.05, 0) is 26.7 Å². The molecule has 2 heterocycles. The van der Waals surface area contributed by atoms with Crippen molar-refractivity contribution in [3.63, 3.8) is 0 Å². The van der Waals surface area contributed by atoms with Gasteiger partial charge in [0, 0.05) is 20.0 Å². The molecule has 2 fully saturated rings. The quantitative estimate of drug-likeness (QED) is 0.323. The fourth-order valence-electron chi connectivity index (χ4n) is 3.84. The van der Waals surface area contributed by atoms with Gasteiger partial charge in [-0.1, -0.05) is 51.4 Å². The third kappa shape index (κ3) is 8.34. The number of rotatable bonds is 12. The smallest absolute Gasteiger partial charge is 0.222 e. The van der Waals surface area contributed by atoms with Gasteiger partial charge in [-0.3, -0.25) is 0 Å². The fraction of sp³-hybridized carbons (Fsp3) is 0.846. The first-order chi connectivity index (χ1) is 15.5. The number of unbranched alkanes of at least 4 members (excludes halogenated alkanes) is 6. The lowest BCUT2D eigenvalue weighted by Gasteiger charge is -2.44. The number of ether oxygens (including phenoxy) is 6. The number of hydrogen-bond acceptors (Lipinski definition) is 6. The van der Waals surface area contributed by atoms with Crippen LogP contribution in [0.2, 0.25) is 0 Å². The van der Waals surface area contributed by atoms with Crippen molar-refractivity contribution in [2.75, 3.05) is 33.5 Å². The van der Waals surface area contributed by atoms with Crippen molar-refractivity contribution in [2.45, 2.75) is 109 Å². The zero-order valence-corrected chi connectivity index (χ0v) is 20.7. The summed E-state index contributed by atoms with van der Waals surface area (Å²) < 4.78 is 36.0. The van der Waals surface area contributed by atoms with Gasteiger partial charge in [0.15, 0.2) is 5.79 Å². The van der Waals surface area contributed by atoms with E-state index in [2.05, 4.69) is 37.5 Å². The summed E-state index contributed by atoms with van der Waals surface area (Å²) in [5.74, 6) is 10.8. The Hall–Kier alpha value is -1.12. The van der Waals surface area contributed by atoms with Crippen molar-refractivity contribution in [1.29, 1.82) is 0 Å². The number of hydrogen-bond donors (Lipinski definition) is 0. The van der Waals surface area contributed by atoms with Crippen molar-refractivity contribution in [1.82, 2.24) is 0 Å². The highest BCUT2D eigenvalue weighted by molar-refractivity contribution is 5.04. The van der Waals surface area contributed by atoms with E-state index in [4.69, 9.17) is 28.4 Å². The number of fused-ring (bicyclic) bond motifs is 1. The van der Waals surface area contributed by atoms with Gasteiger partial charge in [0.05, 0.1) is 6.61 Å². The lowest BCUT2D eigenvalue weighted by Crippen LogP contribution is -2.59. The second-order valence-electron chi connectivity index (χ2n) is 8.81. The maximum atomic E-state index is 6.26. The van der Waals surface area contributed by atoms with Gasteiger partial charge >= 0.3 is 0 Å². The van der Waals surface area contributed by atoms with Crippen LogP contribution in [-0.4, -0.2) is 63.4 Å². The van der Waals surface area contributed by atoms with Crippen LogP contribution in [0.1, 0.15) is 79.1 Å². The van der Waals surface area contributed by atoms with Crippen molar-refractivity contribution in [3.05, 3.63) is 0 Å². The molecule has 0 saturated carbocycles. The van der Waals surface area contributed by atoms with E-state index in [-0.39, 0.29) is 18.8 Å². The first kappa shape index (κ1) is 27.1. The zero-order valence-electron chi connectivity index (χ0n) is 20.7. The van der Waals surface area contributed by atoms with Crippen molar-refractivity contribution >= 4 is 0 Å². The van der Waals surface area contributed by atoms with E-state index in [1.54, 1.807) is 7.11 Å². The minimum Gasteiger partial charge on any atom is -0.366 e. The van der Waals surface area contributed by atoms with Gasteiger partial charge in [0.1, 0.15) is 38.1 Å². The summed E-state index contributed by atoms with van der Waals surface area (Å²) in [6.07, 6.45) is 7.70. The van der Waals surface area contributed by atoms with E-state index in [0.717, 1.165) is 25.7 Å². The minimum absolute atomic E-state index is 0.261. The summed E-state index contributed by atoms with van der Waals surface area (Å²) in [5, 5.41) is 0. The normalized spacial score (nSPS) is 28.3. The molecule has 182 valence electrons. The van der Waals surface area contributed by atoms with E-state index < -0.39 is 17.7 Å². The number of methoxy groups -OCH3 is 1. The van der Waals surface area contributed by atoms with Crippen LogP contribution in [0, 0.1) is 23.7 Å². The third-order valence-electron chi connectivity index (χ3n) is 5.69. The van der Waals surface area contributed by atoms with E-state index in [0.29, 0.717) is 19.8 Å². The summed E-state index contributed by atoms with van der Waals surface area (Å²) in [7, 11) is 1.60. The van der Waals surface area contributed by atoms with Crippen LogP contribution in [0.15, 0.2) is 0 Å². The summed E-state index contributed by atoms with van der Waals surface area (Å²) in [4.78, 5) is 0. The molecule has 0 unspecified atom stereocenters. The summed E-state index contributed by atoms with van der Waals surface area (Å²) in [6.45, 7) is 9.42. The minimum atomic E-state index is -1.02. The van der Waals surface area contributed by atoms with Gasteiger partial charge in [0.2, 0.25) is 5.79 Å². The van der Waals surface area contributed by atoms with Gasteiger partial charge in [-0.25, -0.2) is 0 Å². The lowest BCUT2D eigenvalue weighted by molar-refractivity contribution is -0.385. The molecule has 0 N–H and O–H groups in total. The Kier molecular flexibility index (Phi) is 12.0. The van der Waals surface area contributed by atoms with E-state index in [9.17, 15) is 0 Å². The van der Waals surface area contributed by atoms with E-state index >= 15 is 0 Å². The first-order valence-corrected chi connectivity index (χ1v) is 12.1. The maximum Gasteiger partial charge on any atom is 0.222 e. The van der Waals surface area contributed by atoms with E-state index in [1.165, 1.54) is 25.7 Å². The molecular formula is C26H42O6. The van der Waals surface area contributed by atoms with Crippen molar-refractivity contribution in [3.8, 4) is 23.7 Å². The molecule has 0 aromatic carbocycles. The van der Waals surface area contributed by atoms with Crippen LogP contribution in [0.5, 0.6) is 0 Å². The predicted octanol–water partition coefficient (Wildman–Crippen LogP) is 4.45. The SMILES string of the molecule is CCCCCC#CCOC[C@H]1O[C@@]2(OC)COC(C)(C)O[C@H]2[C@@H]1OCC#CCCCCC. The van der Waals surface area contributed by atoms with Crippen LogP contribution in [0.3, 0.4) is 0 Å². The lowest BCUT2D eigenvalue weighted by atomic mass is 10.0. The Morgan fingerprint density at radius 1 is 0.875 bits per heavy atom. The maximum absolute atomic E-state index is 6.26. The predicted molar refractivity (Wildman–Crippen MR) is 124 cm³/mol. The van der Waals surface area contributed by atoms with Crippen LogP contribution in [0.4, 0.5) is 0 Å². The van der Waals surface area contributed by atoms with E-state index in [1.807, 2.05) is 13.8 Å². The topological polar surface area (TPSA) is 55.4 Å². The molecule has 0 aromatic rings. The molecule has 6 heteroatoms. The fourth-order valence-corrected chi connectivity index (χ4v) is 3.84. The summed E-state index contributed by atoms with van der Waals surface area (Å²) >= 11 is 0. The average Bonchev–Trinajstić information content (AvgIpc) is 3.07. The first-order valence-electron chi connectivity index (χ1n) is 12.1. The Labute approximate surface area is 195 Å². The largest absolute Gasteiger partial charge is 0.366 e. The van der Waals surface area contributed by atoms with Crippen LogP contribution in [0.25, 0.3) is 0 Å². The molecule has 4 atom stereocenters. The third-order valence-corrected chi connectivity index (χ3v) is 5.69. The molecule has 0 bridgehead atoms. The Morgan fingerprint density at radius 2 is 1.53 bits per heavy atom. The summed E-state index contributed by atoms with van der Waals surface area (Å²) in [6, 6.07) is 0. The molecule has 0 aliphatic carbocycles. The Morgan fingerprint density at radius 3 is 2.16 bits per heavy atom. The Balaban J connectivity index is 1.95. The summed E-state index contributed by atoms with van der Waals surface area (Å²) in [5.41, 5.74) is 0. The van der Waals surface area contributed by atoms with Crippen molar-refractivity contribution in [2.24, 2.45) is 0 Å². The molecule has 32 heavy (non-hydrogen) atoms. The molecule has 2 aliphatic rings. The highest BCUT2D eigenvalue weighted by atomic mass is 16.8. The molecule has 0 aromatic heterocycles. The monoisotopic (exact) mass is 450 g/mol. The average molecular weight is 451 g/mol. The second kappa shape index (κ2) is 14.2. The molecule has 2 aliphatic heterocycles. The van der Waals surface area contributed by atoms with Crippen LogP contribution in [-0.2, 0) is 28.4 Å². The molecule has 2 rings (SSSR count).